The molecule has 1 aliphatic heterocycles. The Hall–Kier alpha value is -1.95. The van der Waals surface area contributed by atoms with Crippen molar-refractivity contribution in [1.82, 2.24) is 13.5 Å². The van der Waals surface area contributed by atoms with Gasteiger partial charge < -0.3 is 25.5 Å². The van der Waals surface area contributed by atoms with E-state index in [-0.39, 0.29) is 18.1 Å². The summed E-state index contributed by atoms with van der Waals surface area (Å²) in [5.74, 6) is -1.53. The molecular weight excluding hydrogens is 443 g/mol. The van der Waals surface area contributed by atoms with E-state index >= 15 is 0 Å². The summed E-state index contributed by atoms with van der Waals surface area (Å²) in [6.45, 7) is 2.24. The van der Waals surface area contributed by atoms with Gasteiger partial charge >= 0.3 is 0 Å². The summed E-state index contributed by atoms with van der Waals surface area (Å²) in [6.07, 6.45) is 1.01. The van der Waals surface area contributed by atoms with Gasteiger partial charge in [-0.2, -0.15) is 0 Å². The number of alkyl halides is 1. The van der Waals surface area contributed by atoms with Crippen molar-refractivity contribution in [3.63, 3.8) is 0 Å². The van der Waals surface area contributed by atoms with Crippen LogP contribution in [0.4, 0.5) is 18.9 Å². The number of thiol groups is 1. The van der Waals surface area contributed by atoms with Crippen LogP contribution in [0.15, 0.2) is 29.7 Å². The maximum absolute atomic E-state index is 13.6. The Kier molecular flexibility index (Phi) is 8.32. The number of hydrogen-bond acceptors (Lipinski definition) is 7. The highest BCUT2D eigenvalue weighted by Crippen LogP contribution is 2.46. The minimum Gasteiger partial charge on any atom is -0.490 e. The molecule has 0 bridgehead atoms. The minimum absolute atomic E-state index is 0.0293. The lowest BCUT2D eigenvalue weighted by molar-refractivity contribution is 0.0730. The predicted molar refractivity (Wildman–Crippen MR) is 121 cm³/mol. The van der Waals surface area contributed by atoms with Crippen LogP contribution >= 0.6 is 0 Å². The topological polar surface area (TPSA) is 75.1 Å². The molecule has 7 nitrogen and oxygen atoms in total. The molecule has 1 unspecified atom stereocenters. The molecule has 0 aromatic heterocycles. The number of nitrogens with zero attached hydrogens (tertiary/aromatic N) is 3. The number of rotatable bonds is 11. The highest BCUT2D eigenvalue weighted by molar-refractivity contribution is 7.73. The van der Waals surface area contributed by atoms with E-state index in [1.54, 1.807) is 0 Å². The van der Waals surface area contributed by atoms with Crippen molar-refractivity contribution in [3.8, 4) is 0 Å². The first kappa shape index (κ1) is 24.7. The number of allylic oxidation sites excluding steroid dienone is 1. The fourth-order valence-corrected chi connectivity index (χ4v) is 4.34. The number of benzene rings is 1. The Balaban J connectivity index is 1.80. The molecule has 1 aromatic rings. The van der Waals surface area contributed by atoms with Crippen molar-refractivity contribution in [2.24, 2.45) is 5.41 Å². The summed E-state index contributed by atoms with van der Waals surface area (Å²) in [7, 11) is 3.97. The minimum atomic E-state index is -1.47. The number of halogens is 3. The number of aliphatic hydroxyl groups excluding tert-OH is 1. The lowest BCUT2D eigenvalue weighted by Crippen LogP contribution is -2.48. The lowest BCUT2D eigenvalue weighted by Gasteiger charge is -2.34. The summed E-state index contributed by atoms with van der Waals surface area (Å²) in [5.41, 5.74) is -0.175. The van der Waals surface area contributed by atoms with Crippen molar-refractivity contribution >= 4 is 24.0 Å². The molecule has 2 fully saturated rings. The number of nitrogens with one attached hydrogen (secondary N) is 2. The van der Waals surface area contributed by atoms with E-state index in [1.807, 2.05) is 19.0 Å². The smallest absolute Gasteiger partial charge is 0.185 e. The molecule has 1 heterocycles. The van der Waals surface area contributed by atoms with Gasteiger partial charge in [0, 0.05) is 50.6 Å². The molecule has 0 amide bonds. The van der Waals surface area contributed by atoms with Gasteiger partial charge in [0.2, 0.25) is 0 Å². The number of anilines is 1. The molecule has 2 aliphatic rings. The fraction of sp³-hybridized carbons (Fsp3) is 0.571. The molecule has 3 N–H and O–H groups in total. The number of ether oxygens (including phenoxy) is 1. The average Bonchev–Trinajstić information content (AvgIpc) is 3.51. The SMILES string of the molecule is CN(C)[SH+]N1CCN(/C(C=N)=C(\OCC2(CF)CC2)C(O)Nc2cc(F)cc(F)c2)CC1. The quantitative estimate of drug-likeness (QED) is 0.150. The first-order chi connectivity index (χ1) is 15.2. The third-order valence-electron chi connectivity index (χ3n) is 5.48. The maximum Gasteiger partial charge on any atom is 0.185 e. The van der Waals surface area contributed by atoms with Crippen LogP contribution in [0.25, 0.3) is 0 Å². The second kappa shape index (κ2) is 10.8. The number of piperazine rings is 1. The molecule has 1 saturated carbocycles. The first-order valence-corrected chi connectivity index (χ1v) is 11.3. The van der Waals surface area contributed by atoms with Crippen LogP contribution in [0.1, 0.15) is 12.8 Å². The first-order valence-electron chi connectivity index (χ1n) is 10.5. The van der Waals surface area contributed by atoms with Crippen molar-refractivity contribution in [2.75, 3.05) is 58.9 Å². The summed E-state index contributed by atoms with van der Waals surface area (Å²) in [5, 5.41) is 21.5. The van der Waals surface area contributed by atoms with Gasteiger partial charge in [-0.25, -0.2) is 8.78 Å². The zero-order valence-corrected chi connectivity index (χ0v) is 19.2. The van der Waals surface area contributed by atoms with E-state index in [4.69, 9.17) is 10.1 Å². The second-order valence-electron chi connectivity index (χ2n) is 8.40. The summed E-state index contributed by atoms with van der Waals surface area (Å²) in [4.78, 5) is 1.93. The van der Waals surface area contributed by atoms with E-state index in [0.717, 1.165) is 49.6 Å². The molecule has 1 aliphatic carbocycles. The second-order valence-corrected chi connectivity index (χ2v) is 9.94. The Morgan fingerprint density at radius 3 is 2.38 bits per heavy atom. The van der Waals surface area contributed by atoms with E-state index in [9.17, 15) is 18.3 Å². The monoisotopic (exact) mass is 474 g/mol. The van der Waals surface area contributed by atoms with Crippen LogP contribution in [0.2, 0.25) is 0 Å². The zero-order chi connectivity index (χ0) is 23.3. The Bertz CT molecular complexity index is 809. The van der Waals surface area contributed by atoms with Crippen molar-refractivity contribution in [1.29, 1.82) is 5.41 Å². The molecule has 1 saturated heterocycles. The fourth-order valence-electron chi connectivity index (χ4n) is 3.48. The van der Waals surface area contributed by atoms with E-state index in [2.05, 4.69) is 13.9 Å². The molecule has 1 aromatic carbocycles. The zero-order valence-electron chi connectivity index (χ0n) is 18.3. The predicted octanol–water partition coefficient (Wildman–Crippen LogP) is 2.15. The Morgan fingerprint density at radius 2 is 1.88 bits per heavy atom. The van der Waals surface area contributed by atoms with Crippen LogP contribution in [0.5, 0.6) is 0 Å². The van der Waals surface area contributed by atoms with E-state index < -0.39 is 30.0 Å². The average molecular weight is 475 g/mol. The van der Waals surface area contributed by atoms with Gasteiger partial charge in [-0.05, 0) is 25.0 Å². The van der Waals surface area contributed by atoms with Gasteiger partial charge in [0.25, 0.3) is 0 Å². The van der Waals surface area contributed by atoms with Gasteiger partial charge in [-0.15, -0.1) is 8.61 Å². The van der Waals surface area contributed by atoms with Crippen LogP contribution in [0, 0.1) is 22.5 Å². The van der Waals surface area contributed by atoms with Gasteiger partial charge in [0.15, 0.2) is 24.1 Å². The lowest BCUT2D eigenvalue weighted by atomic mass is 10.1. The third kappa shape index (κ3) is 6.53. The highest BCUT2D eigenvalue weighted by Gasteiger charge is 2.44. The third-order valence-corrected chi connectivity index (χ3v) is 6.49. The van der Waals surface area contributed by atoms with E-state index in [0.29, 0.717) is 31.6 Å². The van der Waals surface area contributed by atoms with Crippen LogP contribution < -0.4 is 5.32 Å². The van der Waals surface area contributed by atoms with Gasteiger partial charge in [0.05, 0.1) is 32.1 Å². The van der Waals surface area contributed by atoms with Gasteiger partial charge in [0.1, 0.15) is 11.6 Å². The Labute approximate surface area is 191 Å². The molecule has 3 rings (SSSR count). The summed E-state index contributed by atoms with van der Waals surface area (Å²) in [6, 6.07) is 2.84. The molecule has 32 heavy (non-hydrogen) atoms. The number of hydrogen-bond donors (Lipinski definition) is 3. The normalized spacial score (nSPS) is 20.0. The van der Waals surface area contributed by atoms with Gasteiger partial charge in [-0.3, -0.25) is 4.39 Å². The highest BCUT2D eigenvalue weighted by atomic mass is 32.2. The summed E-state index contributed by atoms with van der Waals surface area (Å²) >= 11 is 1.08. The van der Waals surface area contributed by atoms with Gasteiger partial charge in [-0.1, -0.05) is 0 Å². The van der Waals surface area contributed by atoms with Crippen LogP contribution in [-0.4, -0.2) is 84.6 Å². The Morgan fingerprint density at radius 1 is 1.25 bits per heavy atom. The molecule has 0 spiro atoms. The standard InChI is InChI=1S/C21H30F3N5O2S/c1-27(2)32-29-7-5-28(6-8-29)18(12-25)19(31-14-21(13-22)3-4-21)20(30)26-17-10-15(23)9-16(24)11-17/h9-12,20,25-26,30H,3-8,13-14H2,1-2H3/p+1/b19-18-,25-12?. The molecule has 11 heteroatoms. The van der Waals surface area contributed by atoms with Crippen molar-refractivity contribution in [3.05, 3.63) is 41.3 Å². The maximum atomic E-state index is 13.6. The van der Waals surface area contributed by atoms with Crippen molar-refractivity contribution in [2.45, 2.75) is 19.1 Å². The largest absolute Gasteiger partial charge is 0.490 e. The molecule has 178 valence electrons. The van der Waals surface area contributed by atoms with Crippen molar-refractivity contribution < 1.29 is 23.0 Å². The molecular formula is C21H31F3N5O2S+. The number of aliphatic hydroxyl groups is 1. The van der Waals surface area contributed by atoms with E-state index in [1.165, 1.54) is 0 Å². The molecule has 1 atom stereocenters. The van der Waals surface area contributed by atoms with Crippen LogP contribution in [-0.2, 0) is 16.9 Å². The summed E-state index contributed by atoms with van der Waals surface area (Å²) < 4.78 is 50.7. The molecule has 0 radical (unpaired) electrons. The van der Waals surface area contributed by atoms with Crippen LogP contribution in [0.3, 0.4) is 0 Å².